The fourth-order valence-electron chi connectivity index (χ4n) is 6.55. The number of methoxy groups -OCH3 is 2. The molecule has 158 valence electrons. The molecule has 0 saturated carbocycles. The third-order valence-electron chi connectivity index (χ3n) is 7.61. The molecule has 0 aromatic carbocycles. The van der Waals surface area contributed by atoms with E-state index in [0.717, 1.165) is 44.5 Å². The van der Waals surface area contributed by atoms with Crippen LogP contribution < -0.4 is 10.6 Å². The number of nitrogens with one attached hydrogen (secondary N) is 2. The van der Waals surface area contributed by atoms with E-state index in [-0.39, 0.29) is 47.9 Å². The Morgan fingerprint density at radius 2 is 1.32 bits per heavy atom. The Balaban J connectivity index is 1.54. The molecule has 2 N–H and O–H groups in total. The largest absolute Gasteiger partial charge is 0.375 e. The summed E-state index contributed by atoms with van der Waals surface area (Å²) in [4.78, 5) is 0. The van der Waals surface area contributed by atoms with Gasteiger partial charge >= 0.3 is 5.96 Å². The topological polar surface area (TPSA) is 64.0 Å². The highest BCUT2D eigenvalue weighted by Gasteiger charge is 2.64. The second-order valence-electron chi connectivity index (χ2n) is 9.58. The summed E-state index contributed by atoms with van der Waals surface area (Å²) in [5.41, 5.74) is -0.659. The van der Waals surface area contributed by atoms with Crippen LogP contribution in [0.1, 0.15) is 65.2 Å². The highest BCUT2D eigenvalue weighted by molar-refractivity contribution is 5.77. The summed E-state index contributed by atoms with van der Waals surface area (Å²) in [5.74, 6) is 1.05. The number of rotatable bonds is 2. The fraction of sp³-hybridized carbons (Fsp3) is 0.952. The van der Waals surface area contributed by atoms with Crippen LogP contribution in [-0.4, -0.2) is 72.7 Å². The van der Waals surface area contributed by atoms with E-state index in [1.165, 1.54) is 12.8 Å². The lowest BCUT2D eigenvalue weighted by Gasteiger charge is -2.48. The van der Waals surface area contributed by atoms with Crippen LogP contribution in [0.4, 0.5) is 0 Å². The molecule has 0 aliphatic carbocycles. The van der Waals surface area contributed by atoms with Crippen molar-refractivity contribution in [2.45, 2.75) is 113 Å². The summed E-state index contributed by atoms with van der Waals surface area (Å²) in [6.45, 7) is 4.37. The van der Waals surface area contributed by atoms with Gasteiger partial charge in [-0.15, -0.1) is 0 Å². The zero-order valence-corrected chi connectivity index (χ0v) is 17.7. The first kappa shape index (κ1) is 19.1. The van der Waals surface area contributed by atoms with Crippen molar-refractivity contribution in [2.24, 2.45) is 0 Å². The molecule has 7 heteroatoms. The molecule has 5 aliphatic rings. The highest BCUT2D eigenvalue weighted by Crippen LogP contribution is 2.44. The number of hydrogen-bond acceptors (Lipinski definition) is 6. The molecule has 7 nitrogen and oxygen atoms in total. The monoisotopic (exact) mass is 394 g/mol. The van der Waals surface area contributed by atoms with Gasteiger partial charge < -0.3 is 18.9 Å². The first-order chi connectivity index (χ1) is 13.5. The molecule has 0 bridgehead atoms. The van der Waals surface area contributed by atoms with Crippen LogP contribution in [0.3, 0.4) is 0 Å². The van der Waals surface area contributed by atoms with Gasteiger partial charge in [0.2, 0.25) is 0 Å². The molecule has 3 saturated heterocycles. The molecular weight excluding hydrogens is 358 g/mol. The molecule has 0 radical (unpaired) electrons. The minimum absolute atomic E-state index is 0.0303. The molecule has 0 unspecified atom stereocenters. The van der Waals surface area contributed by atoms with Crippen LogP contribution in [0, 0.1) is 0 Å². The molecule has 5 heterocycles. The first-order valence-corrected chi connectivity index (χ1v) is 11.1. The Bertz CT molecular complexity index is 606. The van der Waals surface area contributed by atoms with Gasteiger partial charge in [0.15, 0.2) is 11.4 Å². The molecule has 0 amide bonds. The lowest BCUT2D eigenvalue weighted by atomic mass is 9.89. The molecule has 3 fully saturated rings. The number of ether oxygens (including phenoxy) is 4. The summed E-state index contributed by atoms with van der Waals surface area (Å²) >= 11 is 0. The van der Waals surface area contributed by atoms with Crippen molar-refractivity contribution in [3.8, 4) is 0 Å². The Morgan fingerprint density at radius 3 is 1.71 bits per heavy atom. The molecule has 28 heavy (non-hydrogen) atoms. The molecule has 5 aliphatic heterocycles. The van der Waals surface area contributed by atoms with Crippen LogP contribution in [0.2, 0.25) is 0 Å². The van der Waals surface area contributed by atoms with Crippen LogP contribution in [-0.2, 0) is 18.9 Å². The Morgan fingerprint density at radius 1 is 0.857 bits per heavy atom. The summed E-state index contributed by atoms with van der Waals surface area (Å²) in [7, 11) is 3.63. The van der Waals surface area contributed by atoms with Gasteiger partial charge in [-0.1, -0.05) is 0 Å². The smallest absolute Gasteiger partial charge is 0.351 e. The van der Waals surface area contributed by atoms with Crippen molar-refractivity contribution >= 4 is 5.96 Å². The minimum atomic E-state index is -0.329. The van der Waals surface area contributed by atoms with Gasteiger partial charge in [0, 0.05) is 39.9 Å². The Hall–Kier alpha value is -0.890. The summed E-state index contributed by atoms with van der Waals surface area (Å²) in [6.07, 6.45) is 9.11. The Labute approximate surface area is 168 Å². The van der Waals surface area contributed by atoms with Gasteiger partial charge in [0.25, 0.3) is 0 Å². The van der Waals surface area contributed by atoms with Crippen molar-refractivity contribution < 1.29 is 23.5 Å². The lowest BCUT2D eigenvalue weighted by molar-refractivity contribution is -0.609. The third-order valence-corrected chi connectivity index (χ3v) is 7.61. The SMILES string of the molecule is CO[C@@H]1[C@@H](OC)[C@@H]2C[C@]3(CCC[C@@H](C)O3)NC3=[N+]2[C@H]1C[C@@]1(CCC[C@@H](C)O1)N3. The zero-order chi connectivity index (χ0) is 19.5. The highest BCUT2D eigenvalue weighted by atomic mass is 16.5. The molecule has 0 aromatic rings. The second-order valence-corrected chi connectivity index (χ2v) is 9.58. The van der Waals surface area contributed by atoms with Crippen molar-refractivity contribution in [1.29, 1.82) is 0 Å². The predicted molar refractivity (Wildman–Crippen MR) is 104 cm³/mol. The molecular formula is C21H36N3O4+. The van der Waals surface area contributed by atoms with Gasteiger partial charge in [-0.2, -0.15) is 0 Å². The zero-order valence-electron chi connectivity index (χ0n) is 17.7. The summed E-state index contributed by atoms with van der Waals surface area (Å²) in [6, 6.07) is 0.486. The molecule has 0 aromatic heterocycles. The Kier molecular flexibility index (Phi) is 4.66. The maximum atomic E-state index is 6.54. The summed E-state index contributed by atoms with van der Waals surface area (Å²) in [5, 5.41) is 7.59. The van der Waals surface area contributed by atoms with Crippen LogP contribution in [0.15, 0.2) is 0 Å². The number of guanidine groups is 1. The van der Waals surface area contributed by atoms with E-state index < -0.39 is 0 Å². The van der Waals surface area contributed by atoms with Crippen LogP contribution in [0.5, 0.6) is 0 Å². The van der Waals surface area contributed by atoms with E-state index in [0.29, 0.717) is 0 Å². The quantitative estimate of drug-likeness (QED) is 0.695. The average molecular weight is 395 g/mol. The average Bonchev–Trinajstić information content (AvgIpc) is 2.93. The van der Waals surface area contributed by atoms with Gasteiger partial charge in [0.1, 0.15) is 24.3 Å². The van der Waals surface area contributed by atoms with E-state index in [4.69, 9.17) is 18.9 Å². The van der Waals surface area contributed by atoms with E-state index >= 15 is 0 Å². The number of hydrogen-bond donors (Lipinski definition) is 2. The summed E-state index contributed by atoms with van der Waals surface area (Å²) < 4.78 is 27.6. The standard InChI is InChI=1S/C21H35N3O4/c1-13-7-5-9-20(27-13)11-15-17(25-3)18(26-4)16-12-21(10-6-8-14(2)28-21)23-19(22-20)24(15)16/h13-18H,5-12H2,1-4H3,(H,22,23)/p+1/t13-,14-,15+,16+,17+,18+,20-,21+/m1/s1. The van der Waals surface area contributed by atoms with Gasteiger partial charge in [0.05, 0.1) is 12.2 Å². The van der Waals surface area contributed by atoms with Crippen molar-refractivity contribution in [1.82, 2.24) is 10.6 Å². The van der Waals surface area contributed by atoms with Gasteiger partial charge in [-0.25, -0.2) is 10.6 Å². The van der Waals surface area contributed by atoms with E-state index in [1.807, 2.05) is 14.2 Å². The fourth-order valence-corrected chi connectivity index (χ4v) is 6.55. The van der Waals surface area contributed by atoms with Gasteiger partial charge in [-0.05, 0) is 39.5 Å². The van der Waals surface area contributed by atoms with Crippen molar-refractivity contribution in [2.75, 3.05) is 14.2 Å². The second kappa shape index (κ2) is 6.83. The maximum absolute atomic E-state index is 6.54. The molecule has 2 spiro atoms. The first-order valence-electron chi connectivity index (χ1n) is 11.1. The number of nitrogens with zero attached hydrogens (tertiary/aromatic N) is 1. The van der Waals surface area contributed by atoms with Crippen LogP contribution in [0.25, 0.3) is 0 Å². The predicted octanol–water partition coefficient (Wildman–Crippen LogP) is 1.69. The third kappa shape index (κ3) is 2.89. The van der Waals surface area contributed by atoms with Gasteiger partial charge in [-0.3, -0.25) is 4.58 Å². The van der Waals surface area contributed by atoms with Crippen LogP contribution >= 0.6 is 0 Å². The van der Waals surface area contributed by atoms with E-state index in [2.05, 4.69) is 29.1 Å². The minimum Gasteiger partial charge on any atom is -0.375 e. The molecule has 8 atom stereocenters. The maximum Gasteiger partial charge on any atom is 0.351 e. The van der Waals surface area contributed by atoms with Crippen molar-refractivity contribution in [3.05, 3.63) is 0 Å². The van der Waals surface area contributed by atoms with E-state index in [1.54, 1.807) is 0 Å². The van der Waals surface area contributed by atoms with Crippen molar-refractivity contribution in [3.63, 3.8) is 0 Å². The lowest BCUT2D eigenvalue weighted by Crippen LogP contribution is -2.73. The normalized spacial score (nSPS) is 50.4. The molecule has 5 rings (SSSR count). The van der Waals surface area contributed by atoms with E-state index in [9.17, 15) is 0 Å².